The van der Waals surface area contributed by atoms with Gasteiger partial charge in [-0.05, 0) is 51.6 Å². The van der Waals surface area contributed by atoms with Crippen molar-refractivity contribution in [1.82, 2.24) is 9.80 Å². The molecule has 1 heterocycles. The number of piperidine rings is 1. The van der Waals surface area contributed by atoms with E-state index in [1.165, 1.54) is 25.7 Å². The largest absolute Gasteiger partial charge is 0.343 e. The summed E-state index contributed by atoms with van der Waals surface area (Å²) in [6.07, 6.45) is 8.34. The summed E-state index contributed by atoms with van der Waals surface area (Å²) in [6, 6.07) is 0.771. The minimum absolute atomic E-state index is 0.313. The summed E-state index contributed by atoms with van der Waals surface area (Å²) in [5.41, 5.74) is 0.560. The lowest BCUT2D eigenvalue weighted by atomic mass is 9.60. The fraction of sp³-hybridized carbons (Fsp3) is 0.800. The highest BCUT2D eigenvalue weighted by Gasteiger charge is 2.46. The van der Waals surface area contributed by atoms with Crippen molar-refractivity contribution in [2.75, 3.05) is 27.2 Å². The third kappa shape index (κ3) is 2.77. The van der Waals surface area contributed by atoms with Gasteiger partial charge in [0.1, 0.15) is 0 Å². The number of hydrogen-bond acceptors (Lipinski definition) is 2. The van der Waals surface area contributed by atoms with Crippen molar-refractivity contribution >= 4 is 5.91 Å². The van der Waals surface area contributed by atoms with E-state index in [0.717, 1.165) is 25.6 Å². The first-order valence-corrected chi connectivity index (χ1v) is 7.11. The Hall–Kier alpha value is -0.830. The van der Waals surface area contributed by atoms with Crippen molar-refractivity contribution in [3.63, 3.8) is 0 Å². The van der Waals surface area contributed by atoms with E-state index >= 15 is 0 Å². The van der Waals surface area contributed by atoms with Gasteiger partial charge in [0.15, 0.2) is 0 Å². The first-order chi connectivity index (χ1) is 8.56. The molecule has 102 valence electrons. The van der Waals surface area contributed by atoms with E-state index in [9.17, 15) is 4.79 Å². The van der Waals surface area contributed by atoms with E-state index in [1.54, 1.807) is 0 Å². The van der Waals surface area contributed by atoms with Gasteiger partial charge >= 0.3 is 0 Å². The molecule has 1 aliphatic heterocycles. The molecule has 0 bridgehead atoms. The SMILES string of the molecule is C=CCCC(=O)N1CCC2(CC1)CC(N(C)C)C2. The second-order valence-electron chi connectivity index (χ2n) is 6.23. The van der Waals surface area contributed by atoms with Gasteiger partial charge in [0, 0.05) is 25.6 Å². The second kappa shape index (κ2) is 5.43. The van der Waals surface area contributed by atoms with E-state index in [1.807, 2.05) is 6.08 Å². The lowest BCUT2D eigenvalue weighted by Gasteiger charge is -2.54. The van der Waals surface area contributed by atoms with Gasteiger partial charge in [0.05, 0.1) is 0 Å². The predicted octanol–water partition coefficient (Wildman–Crippen LogP) is 2.29. The third-order valence-corrected chi connectivity index (χ3v) is 4.81. The molecule has 0 N–H and O–H groups in total. The first kappa shape index (κ1) is 13.6. The average molecular weight is 250 g/mol. The normalized spacial score (nSPS) is 23.2. The topological polar surface area (TPSA) is 23.6 Å². The zero-order valence-electron chi connectivity index (χ0n) is 11.8. The van der Waals surface area contributed by atoms with Crippen LogP contribution in [0, 0.1) is 5.41 Å². The fourth-order valence-corrected chi connectivity index (χ4v) is 3.33. The van der Waals surface area contributed by atoms with Gasteiger partial charge in [-0.15, -0.1) is 6.58 Å². The number of likely N-dealkylation sites (tertiary alicyclic amines) is 1. The first-order valence-electron chi connectivity index (χ1n) is 7.11. The lowest BCUT2D eigenvalue weighted by Crippen LogP contribution is -2.54. The van der Waals surface area contributed by atoms with Crippen LogP contribution in [-0.2, 0) is 4.79 Å². The summed E-state index contributed by atoms with van der Waals surface area (Å²) in [6.45, 7) is 5.61. The number of nitrogens with zero attached hydrogens (tertiary/aromatic N) is 2. The van der Waals surface area contributed by atoms with Crippen molar-refractivity contribution in [1.29, 1.82) is 0 Å². The Balaban J connectivity index is 1.75. The molecule has 18 heavy (non-hydrogen) atoms. The molecule has 1 amide bonds. The van der Waals surface area contributed by atoms with Crippen molar-refractivity contribution < 1.29 is 4.79 Å². The van der Waals surface area contributed by atoms with Crippen molar-refractivity contribution in [3.05, 3.63) is 12.7 Å². The van der Waals surface area contributed by atoms with Crippen molar-refractivity contribution in [3.8, 4) is 0 Å². The van der Waals surface area contributed by atoms with Crippen LogP contribution in [0.15, 0.2) is 12.7 Å². The molecular formula is C15H26N2O. The molecule has 3 heteroatoms. The number of carbonyl (C=O) groups excluding carboxylic acids is 1. The smallest absolute Gasteiger partial charge is 0.222 e. The molecule has 1 saturated carbocycles. The minimum Gasteiger partial charge on any atom is -0.343 e. The van der Waals surface area contributed by atoms with Crippen molar-refractivity contribution in [2.45, 2.75) is 44.6 Å². The van der Waals surface area contributed by atoms with Crippen LogP contribution in [0.2, 0.25) is 0 Å². The highest BCUT2D eigenvalue weighted by molar-refractivity contribution is 5.76. The van der Waals surface area contributed by atoms with E-state index in [4.69, 9.17) is 0 Å². The second-order valence-corrected chi connectivity index (χ2v) is 6.23. The summed E-state index contributed by atoms with van der Waals surface area (Å²) in [4.78, 5) is 16.3. The van der Waals surface area contributed by atoms with Crippen LogP contribution < -0.4 is 0 Å². The van der Waals surface area contributed by atoms with Crippen LogP contribution in [-0.4, -0.2) is 48.9 Å². The van der Waals surface area contributed by atoms with Gasteiger partial charge < -0.3 is 9.80 Å². The van der Waals surface area contributed by atoms with Crippen molar-refractivity contribution in [2.24, 2.45) is 5.41 Å². The van der Waals surface area contributed by atoms with Gasteiger partial charge in [-0.1, -0.05) is 6.08 Å². The number of allylic oxidation sites excluding steroid dienone is 1. The Kier molecular flexibility index (Phi) is 4.10. The Morgan fingerprint density at radius 2 is 2.00 bits per heavy atom. The molecule has 2 fully saturated rings. The Morgan fingerprint density at radius 3 is 2.50 bits per heavy atom. The molecule has 3 nitrogen and oxygen atoms in total. The predicted molar refractivity (Wildman–Crippen MR) is 74.4 cm³/mol. The maximum Gasteiger partial charge on any atom is 0.222 e. The number of carbonyl (C=O) groups is 1. The monoisotopic (exact) mass is 250 g/mol. The maximum atomic E-state index is 11.9. The molecule has 1 saturated heterocycles. The van der Waals surface area contributed by atoms with Crippen LogP contribution >= 0.6 is 0 Å². The van der Waals surface area contributed by atoms with E-state index in [0.29, 0.717) is 17.7 Å². The van der Waals surface area contributed by atoms with Gasteiger partial charge in [-0.3, -0.25) is 4.79 Å². The summed E-state index contributed by atoms with van der Waals surface area (Å²) < 4.78 is 0. The number of rotatable bonds is 4. The van der Waals surface area contributed by atoms with Crippen LogP contribution in [0.25, 0.3) is 0 Å². The molecule has 2 rings (SSSR count). The Morgan fingerprint density at radius 1 is 1.39 bits per heavy atom. The lowest BCUT2D eigenvalue weighted by molar-refractivity contribution is -0.135. The molecule has 0 unspecified atom stereocenters. The molecule has 0 aromatic rings. The van der Waals surface area contributed by atoms with E-state index in [-0.39, 0.29) is 0 Å². The molecule has 0 aromatic heterocycles. The fourth-order valence-electron chi connectivity index (χ4n) is 3.33. The standard InChI is InChI=1S/C15H26N2O/c1-4-5-6-14(18)17-9-7-15(8-10-17)11-13(12-15)16(2)3/h4,13H,1,5-12H2,2-3H3. The summed E-state index contributed by atoms with van der Waals surface area (Å²) in [7, 11) is 4.34. The highest BCUT2D eigenvalue weighted by atomic mass is 16.2. The zero-order chi connectivity index (χ0) is 13.2. The Labute approximate surface area is 111 Å². The molecule has 1 spiro atoms. The highest BCUT2D eigenvalue weighted by Crippen LogP contribution is 2.50. The van der Waals surface area contributed by atoms with Crippen LogP contribution in [0.3, 0.4) is 0 Å². The van der Waals surface area contributed by atoms with Gasteiger partial charge in [0.25, 0.3) is 0 Å². The Bertz CT molecular complexity index is 308. The minimum atomic E-state index is 0.313. The van der Waals surface area contributed by atoms with E-state index in [2.05, 4.69) is 30.5 Å². The molecule has 2 aliphatic rings. The molecular weight excluding hydrogens is 224 g/mol. The van der Waals surface area contributed by atoms with Gasteiger partial charge in [-0.25, -0.2) is 0 Å². The number of hydrogen-bond donors (Lipinski definition) is 0. The van der Waals surface area contributed by atoms with Crippen LogP contribution in [0.4, 0.5) is 0 Å². The third-order valence-electron chi connectivity index (χ3n) is 4.81. The van der Waals surface area contributed by atoms with Gasteiger partial charge in [0.2, 0.25) is 5.91 Å². The molecule has 0 atom stereocenters. The van der Waals surface area contributed by atoms with Gasteiger partial charge in [-0.2, -0.15) is 0 Å². The molecule has 1 aliphatic carbocycles. The maximum absolute atomic E-state index is 11.9. The zero-order valence-corrected chi connectivity index (χ0v) is 11.8. The number of amides is 1. The molecule has 0 aromatic carbocycles. The van der Waals surface area contributed by atoms with Crippen LogP contribution in [0.5, 0.6) is 0 Å². The van der Waals surface area contributed by atoms with Crippen LogP contribution in [0.1, 0.15) is 38.5 Å². The molecule has 0 radical (unpaired) electrons. The average Bonchev–Trinajstić information content (AvgIpc) is 2.33. The summed E-state index contributed by atoms with van der Waals surface area (Å²) >= 11 is 0. The summed E-state index contributed by atoms with van der Waals surface area (Å²) in [5, 5.41) is 0. The quantitative estimate of drug-likeness (QED) is 0.715. The summed E-state index contributed by atoms with van der Waals surface area (Å²) in [5.74, 6) is 0.313. The van der Waals surface area contributed by atoms with E-state index < -0.39 is 0 Å².